The highest BCUT2D eigenvalue weighted by atomic mass is 32.2. The van der Waals surface area contributed by atoms with Gasteiger partial charge in [-0.1, -0.05) is 6.42 Å². The summed E-state index contributed by atoms with van der Waals surface area (Å²) in [7, 11) is -3.63. The molecule has 0 aliphatic carbocycles. The van der Waals surface area contributed by atoms with Gasteiger partial charge in [0.2, 0.25) is 21.8 Å². The molecule has 1 N–H and O–H groups in total. The number of anilines is 2. The molecule has 33 heavy (non-hydrogen) atoms. The Labute approximate surface area is 201 Å². The molecule has 1 aromatic rings. The number of carbonyl (C=O) groups excluding carboxylic acids is 2. The summed E-state index contributed by atoms with van der Waals surface area (Å²) < 4.78 is 28.1. The van der Waals surface area contributed by atoms with Crippen LogP contribution in [-0.4, -0.2) is 72.3 Å². The largest absolute Gasteiger partial charge is 0.370 e. The highest BCUT2D eigenvalue weighted by Crippen LogP contribution is 2.47. The average Bonchev–Trinajstić information content (AvgIpc) is 3.31. The molecule has 3 heterocycles. The third-order valence-corrected chi connectivity index (χ3v) is 10.4. The van der Waals surface area contributed by atoms with Crippen molar-refractivity contribution < 1.29 is 18.0 Å². The molecule has 10 heteroatoms. The fourth-order valence-corrected chi connectivity index (χ4v) is 8.08. The van der Waals surface area contributed by atoms with E-state index in [2.05, 4.69) is 10.2 Å². The first-order valence-corrected chi connectivity index (χ1v) is 14.3. The minimum Gasteiger partial charge on any atom is -0.370 e. The minimum absolute atomic E-state index is 0.00745. The molecule has 2 amide bonds. The normalized spacial score (nSPS) is 25.8. The van der Waals surface area contributed by atoms with Crippen molar-refractivity contribution in [3.63, 3.8) is 0 Å². The summed E-state index contributed by atoms with van der Waals surface area (Å²) in [6.07, 6.45) is 3.97. The number of hydrogen-bond donors (Lipinski definition) is 1. The molecule has 0 radical (unpaired) electrons. The van der Waals surface area contributed by atoms with Gasteiger partial charge in [-0.25, -0.2) is 8.42 Å². The number of rotatable bonds is 7. The predicted molar refractivity (Wildman–Crippen MR) is 132 cm³/mol. The average molecular weight is 495 g/mol. The monoisotopic (exact) mass is 494 g/mol. The Morgan fingerprint density at radius 2 is 1.91 bits per heavy atom. The molecule has 3 aliphatic heterocycles. The third kappa shape index (κ3) is 4.49. The van der Waals surface area contributed by atoms with Crippen LogP contribution >= 0.6 is 11.8 Å². The number of nitrogens with one attached hydrogen (secondary N) is 1. The number of thioether (sulfide) groups is 1. The molecular weight excluding hydrogens is 460 g/mol. The lowest BCUT2D eigenvalue weighted by atomic mass is 10.2. The van der Waals surface area contributed by atoms with Gasteiger partial charge >= 0.3 is 0 Å². The zero-order chi connectivity index (χ0) is 23.8. The van der Waals surface area contributed by atoms with Gasteiger partial charge < -0.3 is 15.1 Å². The Hall–Kier alpha value is -1.78. The topological polar surface area (TPSA) is 90.0 Å². The lowest BCUT2D eigenvalue weighted by Crippen LogP contribution is -2.48. The summed E-state index contributed by atoms with van der Waals surface area (Å²) in [5.41, 5.74) is 1.26. The Kier molecular flexibility index (Phi) is 6.98. The maximum Gasteiger partial charge on any atom is 0.248 e. The quantitative estimate of drug-likeness (QED) is 0.627. The van der Waals surface area contributed by atoms with Crippen LogP contribution in [0.1, 0.15) is 52.9 Å². The Morgan fingerprint density at radius 3 is 2.58 bits per heavy atom. The first-order chi connectivity index (χ1) is 15.7. The van der Waals surface area contributed by atoms with Crippen molar-refractivity contribution in [2.45, 2.75) is 68.7 Å². The van der Waals surface area contributed by atoms with E-state index in [4.69, 9.17) is 0 Å². The van der Waals surface area contributed by atoms with Crippen molar-refractivity contribution in [3.05, 3.63) is 18.2 Å². The molecule has 1 aromatic carbocycles. The number of nitrogens with zero attached hydrogens (tertiary/aromatic N) is 3. The van der Waals surface area contributed by atoms with Gasteiger partial charge in [0.1, 0.15) is 6.04 Å². The minimum atomic E-state index is -3.63. The van der Waals surface area contributed by atoms with E-state index in [1.54, 1.807) is 34.9 Å². The molecule has 0 spiro atoms. The molecule has 0 saturated carbocycles. The number of benzene rings is 1. The van der Waals surface area contributed by atoms with Crippen molar-refractivity contribution in [3.8, 4) is 0 Å². The highest BCUT2D eigenvalue weighted by Gasteiger charge is 2.53. The first-order valence-electron chi connectivity index (χ1n) is 11.9. The molecule has 8 nitrogen and oxygen atoms in total. The Balaban J connectivity index is 1.65. The van der Waals surface area contributed by atoms with Gasteiger partial charge in [-0.2, -0.15) is 4.31 Å². The van der Waals surface area contributed by atoms with Crippen LogP contribution in [0.15, 0.2) is 23.1 Å². The molecular formula is C23H34N4O4S2. The third-order valence-electron chi connectivity index (χ3n) is 7.03. The van der Waals surface area contributed by atoms with Crippen LogP contribution in [0.3, 0.4) is 0 Å². The SMILES string of the molecule is CCN(CC)c1ccc(S(=O)(=O)N2CCCCC2)cc1NC(=O)[C@H]1CS[C@@]2(C)CCC(=O)N12. The lowest BCUT2D eigenvalue weighted by molar-refractivity contribution is -0.135. The summed E-state index contributed by atoms with van der Waals surface area (Å²) >= 11 is 1.64. The van der Waals surface area contributed by atoms with Crippen LogP contribution in [0.5, 0.6) is 0 Å². The van der Waals surface area contributed by atoms with E-state index in [-0.39, 0.29) is 21.6 Å². The van der Waals surface area contributed by atoms with E-state index in [0.717, 1.165) is 44.5 Å². The van der Waals surface area contributed by atoms with Crippen molar-refractivity contribution in [1.29, 1.82) is 0 Å². The van der Waals surface area contributed by atoms with Crippen LogP contribution in [0.25, 0.3) is 0 Å². The smallest absolute Gasteiger partial charge is 0.248 e. The molecule has 3 aliphatic rings. The number of fused-ring (bicyclic) bond motifs is 1. The maximum atomic E-state index is 13.4. The molecule has 182 valence electrons. The zero-order valence-corrected chi connectivity index (χ0v) is 21.3. The van der Waals surface area contributed by atoms with Gasteiger partial charge in [0, 0.05) is 38.4 Å². The van der Waals surface area contributed by atoms with E-state index in [1.807, 2.05) is 20.8 Å². The van der Waals surface area contributed by atoms with Gasteiger partial charge in [0.25, 0.3) is 0 Å². The van der Waals surface area contributed by atoms with E-state index in [0.29, 0.717) is 31.0 Å². The summed E-state index contributed by atoms with van der Waals surface area (Å²) in [4.78, 5) is 29.5. The highest BCUT2D eigenvalue weighted by molar-refractivity contribution is 8.01. The molecule has 2 atom stereocenters. The predicted octanol–water partition coefficient (Wildman–Crippen LogP) is 3.10. The first kappa shape index (κ1) is 24.3. The molecule has 3 fully saturated rings. The van der Waals surface area contributed by atoms with Crippen LogP contribution in [-0.2, 0) is 19.6 Å². The van der Waals surface area contributed by atoms with E-state index in [1.165, 1.54) is 4.31 Å². The number of sulfonamides is 1. The van der Waals surface area contributed by atoms with Gasteiger partial charge in [0.15, 0.2) is 0 Å². The number of carbonyl (C=O) groups is 2. The van der Waals surface area contributed by atoms with Crippen LogP contribution in [0, 0.1) is 0 Å². The fourth-order valence-electron chi connectivity index (χ4n) is 5.10. The maximum absolute atomic E-state index is 13.4. The van der Waals surface area contributed by atoms with Crippen LogP contribution < -0.4 is 10.2 Å². The standard InChI is InChI=1S/C23H34N4O4S2/c1-4-25(5-2)19-10-9-17(33(30,31)26-13-7-6-8-14-26)15-18(19)24-22(29)20-16-32-23(3)12-11-21(28)27(20)23/h9-10,15,20H,4-8,11-14,16H2,1-3H3,(H,24,29)/t20-,23+/m1/s1. The molecule has 0 bridgehead atoms. The lowest BCUT2D eigenvalue weighted by Gasteiger charge is -2.31. The van der Waals surface area contributed by atoms with Crippen molar-refractivity contribution in [1.82, 2.24) is 9.21 Å². The van der Waals surface area contributed by atoms with E-state index in [9.17, 15) is 18.0 Å². The van der Waals surface area contributed by atoms with Gasteiger partial charge in [-0.15, -0.1) is 11.8 Å². The number of hydrogen-bond acceptors (Lipinski definition) is 6. The summed E-state index contributed by atoms with van der Waals surface area (Å²) in [6, 6.07) is 4.46. The zero-order valence-electron chi connectivity index (χ0n) is 19.7. The number of piperidine rings is 1. The molecule has 0 aromatic heterocycles. The molecule has 3 saturated heterocycles. The van der Waals surface area contributed by atoms with Crippen molar-refractivity contribution >= 4 is 45.0 Å². The van der Waals surface area contributed by atoms with Crippen molar-refractivity contribution in [2.75, 3.05) is 42.1 Å². The van der Waals surface area contributed by atoms with E-state index >= 15 is 0 Å². The summed E-state index contributed by atoms with van der Waals surface area (Å²) in [6.45, 7) is 8.56. The number of amides is 2. The fraction of sp³-hybridized carbons (Fsp3) is 0.652. The molecule has 0 unspecified atom stereocenters. The summed E-state index contributed by atoms with van der Waals surface area (Å²) in [5.74, 6) is 0.288. The van der Waals surface area contributed by atoms with Gasteiger partial charge in [0.05, 0.1) is 21.1 Å². The second-order valence-electron chi connectivity index (χ2n) is 9.07. The summed E-state index contributed by atoms with van der Waals surface area (Å²) in [5, 5.41) is 3.00. The van der Waals surface area contributed by atoms with E-state index < -0.39 is 16.1 Å². The Morgan fingerprint density at radius 1 is 1.21 bits per heavy atom. The Bertz CT molecular complexity index is 1020. The van der Waals surface area contributed by atoms with Crippen LogP contribution in [0.2, 0.25) is 0 Å². The second-order valence-corrected chi connectivity index (χ2v) is 12.5. The van der Waals surface area contributed by atoms with Crippen molar-refractivity contribution in [2.24, 2.45) is 0 Å². The van der Waals surface area contributed by atoms with Gasteiger partial charge in [-0.05, 0) is 58.2 Å². The van der Waals surface area contributed by atoms with Gasteiger partial charge in [-0.3, -0.25) is 9.59 Å². The second kappa shape index (κ2) is 9.46. The van der Waals surface area contributed by atoms with Crippen LogP contribution in [0.4, 0.5) is 11.4 Å². The molecule has 4 rings (SSSR count).